The molecule has 0 bridgehead atoms. The molecule has 2 heteroatoms. The number of aliphatic hydroxyl groups is 1. The van der Waals surface area contributed by atoms with E-state index in [4.69, 9.17) is 0 Å². The van der Waals surface area contributed by atoms with Gasteiger partial charge in [-0.25, -0.2) is 0 Å². The highest BCUT2D eigenvalue weighted by Gasteiger charge is 2.41. The lowest BCUT2D eigenvalue weighted by Gasteiger charge is -2.48. The van der Waals surface area contributed by atoms with Gasteiger partial charge in [-0.3, -0.25) is 4.90 Å². The highest BCUT2D eigenvalue weighted by molar-refractivity contribution is 5.05. The van der Waals surface area contributed by atoms with Crippen LogP contribution >= 0.6 is 0 Å². The van der Waals surface area contributed by atoms with E-state index in [-0.39, 0.29) is 0 Å². The van der Waals surface area contributed by atoms with E-state index in [1.54, 1.807) is 0 Å². The molecule has 1 aliphatic heterocycles. The summed E-state index contributed by atoms with van der Waals surface area (Å²) in [6, 6.07) is 0.346. The van der Waals surface area contributed by atoms with Crippen LogP contribution in [0.15, 0.2) is 12.2 Å². The third-order valence-electron chi connectivity index (χ3n) is 4.75. The highest BCUT2D eigenvalue weighted by Crippen LogP contribution is 2.38. The monoisotopic (exact) mass is 237 g/mol. The summed E-state index contributed by atoms with van der Waals surface area (Å²) in [5.74, 6) is 0.613. The fraction of sp³-hybridized carbons (Fsp3) is 0.867. The molecule has 1 N–H and O–H groups in total. The van der Waals surface area contributed by atoms with Crippen LogP contribution in [0.5, 0.6) is 0 Å². The minimum atomic E-state index is -0.497. The molecular weight excluding hydrogens is 210 g/mol. The average Bonchev–Trinajstić information content (AvgIpc) is 2.29. The molecule has 2 fully saturated rings. The molecule has 0 aromatic heterocycles. The third-order valence-corrected chi connectivity index (χ3v) is 4.75. The topological polar surface area (TPSA) is 23.5 Å². The molecule has 17 heavy (non-hydrogen) atoms. The molecule has 2 rings (SSSR count). The maximum atomic E-state index is 10.6. The van der Waals surface area contributed by atoms with Gasteiger partial charge in [-0.15, -0.1) is 0 Å². The van der Waals surface area contributed by atoms with Gasteiger partial charge in [-0.2, -0.15) is 0 Å². The van der Waals surface area contributed by atoms with Crippen molar-refractivity contribution in [1.82, 2.24) is 4.90 Å². The summed E-state index contributed by atoms with van der Waals surface area (Å²) >= 11 is 0. The first-order valence-corrected chi connectivity index (χ1v) is 7.12. The Labute approximate surface area is 106 Å². The van der Waals surface area contributed by atoms with Crippen molar-refractivity contribution in [3.63, 3.8) is 0 Å². The van der Waals surface area contributed by atoms with Crippen LogP contribution in [-0.4, -0.2) is 34.7 Å². The van der Waals surface area contributed by atoms with E-state index in [1.165, 1.54) is 37.9 Å². The van der Waals surface area contributed by atoms with Crippen molar-refractivity contribution in [2.24, 2.45) is 5.92 Å². The van der Waals surface area contributed by atoms with E-state index in [0.29, 0.717) is 12.0 Å². The second-order valence-corrected chi connectivity index (χ2v) is 6.29. The van der Waals surface area contributed by atoms with E-state index in [1.807, 2.05) is 6.92 Å². The molecule has 0 spiro atoms. The minimum absolute atomic E-state index is 0.346. The van der Waals surface area contributed by atoms with Crippen molar-refractivity contribution in [3.8, 4) is 0 Å². The fourth-order valence-corrected chi connectivity index (χ4v) is 3.49. The van der Waals surface area contributed by atoms with Crippen LogP contribution in [-0.2, 0) is 0 Å². The van der Waals surface area contributed by atoms with E-state index in [0.717, 1.165) is 19.3 Å². The Kier molecular flexibility index (Phi) is 3.94. The molecule has 1 aliphatic carbocycles. The van der Waals surface area contributed by atoms with Gasteiger partial charge in [0.25, 0.3) is 0 Å². The summed E-state index contributed by atoms with van der Waals surface area (Å²) in [7, 11) is 0. The summed E-state index contributed by atoms with van der Waals surface area (Å²) < 4.78 is 0. The van der Waals surface area contributed by atoms with Gasteiger partial charge in [0, 0.05) is 6.04 Å². The van der Waals surface area contributed by atoms with E-state index >= 15 is 0 Å². The maximum Gasteiger partial charge on any atom is 0.0774 e. The Morgan fingerprint density at radius 1 is 1.29 bits per heavy atom. The predicted molar refractivity (Wildman–Crippen MR) is 72.0 cm³/mol. The summed E-state index contributed by atoms with van der Waals surface area (Å²) in [4.78, 5) is 2.53. The second kappa shape index (κ2) is 5.11. The zero-order valence-electron chi connectivity index (χ0n) is 11.4. The molecule has 2 nitrogen and oxygen atoms in total. The van der Waals surface area contributed by atoms with Crippen LogP contribution in [0.2, 0.25) is 0 Å². The van der Waals surface area contributed by atoms with Crippen molar-refractivity contribution < 1.29 is 5.11 Å². The van der Waals surface area contributed by atoms with Gasteiger partial charge in [-0.1, -0.05) is 18.6 Å². The number of piperidine rings is 1. The average molecular weight is 237 g/mol. The lowest BCUT2D eigenvalue weighted by Crippen LogP contribution is -2.55. The van der Waals surface area contributed by atoms with E-state index < -0.39 is 5.60 Å². The molecular formula is C15H27NO. The molecule has 1 saturated heterocycles. The van der Waals surface area contributed by atoms with Crippen molar-refractivity contribution >= 4 is 0 Å². The highest BCUT2D eigenvalue weighted by atomic mass is 16.3. The zero-order chi connectivity index (χ0) is 12.5. The van der Waals surface area contributed by atoms with Gasteiger partial charge in [0.2, 0.25) is 0 Å². The van der Waals surface area contributed by atoms with Crippen LogP contribution in [0.1, 0.15) is 52.4 Å². The summed E-state index contributed by atoms with van der Waals surface area (Å²) in [5.41, 5.74) is 0.797. The molecule has 0 amide bonds. The Hall–Kier alpha value is -0.340. The molecule has 0 aromatic carbocycles. The summed E-state index contributed by atoms with van der Waals surface area (Å²) in [5, 5.41) is 10.6. The van der Waals surface area contributed by atoms with Gasteiger partial charge < -0.3 is 5.11 Å². The lowest BCUT2D eigenvalue weighted by atomic mass is 9.73. The molecule has 1 heterocycles. The first-order valence-electron chi connectivity index (χ1n) is 7.12. The van der Waals surface area contributed by atoms with Crippen LogP contribution in [0.25, 0.3) is 0 Å². The van der Waals surface area contributed by atoms with Crippen LogP contribution in [0, 0.1) is 5.92 Å². The quantitative estimate of drug-likeness (QED) is 0.746. The largest absolute Gasteiger partial charge is 0.389 e. The second-order valence-electron chi connectivity index (χ2n) is 6.29. The molecule has 2 aliphatic rings. The Bertz CT molecular complexity index is 279. The predicted octanol–water partition coefficient (Wildman–Crippen LogP) is 2.97. The van der Waals surface area contributed by atoms with Gasteiger partial charge in [0.05, 0.1) is 5.60 Å². The number of likely N-dealkylation sites (tertiary alicyclic amines) is 1. The summed E-state index contributed by atoms with van der Waals surface area (Å²) in [6.07, 6.45) is 7.07. The standard InChI is InChI=1S/C15H27NO/c1-12(2)13-7-8-15(3,17)14(11-13)16-9-5-4-6-10-16/h13-14,17H,1,4-11H2,2-3H3/t13-,14+,15+/m0/s1. The minimum Gasteiger partial charge on any atom is -0.389 e. The van der Waals surface area contributed by atoms with Gasteiger partial charge in [0.1, 0.15) is 0 Å². The van der Waals surface area contributed by atoms with Gasteiger partial charge in [0.15, 0.2) is 0 Å². The lowest BCUT2D eigenvalue weighted by molar-refractivity contribution is -0.0737. The number of rotatable bonds is 2. The summed E-state index contributed by atoms with van der Waals surface area (Å²) in [6.45, 7) is 10.6. The molecule has 0 radical (unpaired) electrons. The van der Waals surface area contributed by atoms with Crippen LogP contribution in [0.3, 0.4) is 0 Å². The molecule has 1 saturated carbocycles. The zero-order valence-corrected chi connectivity index (χ0v) is 11.4. The first kappa shape index (κ1) is 13.1. The molecule has 0 aromatic rings. The van der Waals surface area contributed by atoms with Crippen LogP contribution in [0.4, 0.5) is 0 Å². The SMILES string of the molecule is C=C(C)[C@H]1CC[C@@](C)(O)[C@H](N2CCCCC2)C1. The third kappa shape index (κ3) is 2.92. The van der Waals surface area contributed by atoms with Crippen molar-refractivity contribution in [1.29, 1.82) is 0 Å². The maximum absolute atomic E-state index is 10.6. The number of allylic oxidation sites excluding steroid dienone is 1. The van der Waals surface area contributed by atoms with E-state index in [9.17, 15) is 5.11 Å². The van der Waals surface area contributed by atoms with Crippen molar-refractivity contribution in [3.05, 3.63) is 12.2 Å². The smallest absolute Gasteiger partial charge is 0.0774 e. The van der Waals surface area contributed by atoms with Gasteiger partial charge >= 0.3 is 0 Å². The number of hydrogen-bond donors (Lipinski definition) is 1. The fourth-order valence-electron chi connectivity index (χ4n) is 3.49. The Morgan fingerprint density at radius 2 is 1.94 bits per heavy atom. The molecule has 0 unspecified atom stereocenters. The Morgan fingerprint density at radius 3 is 2.53 bits per heavy atom. The molecule has 98 valence electrons. The first-order chi connectivity index (χ1) is 8.00. The number of nitrogens with zero attached hydrogens (tertiary/aromatic N) is 1. The normalized spacial score (nSPS) is 40.2. The Balaban J connectivity index is 2.06. The number of hydrogen-bond acceptors (Lipinski definition) is 2. The van der Waals surface area contributed by atoms with E-state index in [2.05, 4.69) is 18.4 Å². The van der Waals surface area contributed by atoms with Crippen LogP contribution < -0.4 is 0 Å². The van der Waals surface area contributed by atoms with Crippen molar-refractivity contribution in [2.45, 2.75) is 64.0 Å². The molecule has 3 atom stereocenters. The van der Waals surface area contributed by atoms with Crippen molar-refractivity contribution in [2.75, 3.05) is 13.1 Å². The van der Waals surface area contributed by atoms with Gasteiger partial charge in [-0.05, 0) is 65.0 Å².